The highest BCUT2D eigenvalue weighted by Crippen LogP contribution is 2.34. The fourth-order valence-corrected chi connectivity index (χ4v) is 3.22. The molecule has 106 valence electrons. The second-order valence-corrected chi connectivity index (χ2v) is 6.78. The van der Waals surface area contributed by atoms with Gasteiger partial charge in [-0.3, -0.25) is 4.98 Å². The van der Waals surface area contributed by atoms with E-state index in [0.717, 1.165) is 21.7 Å². The van der Waals surface area contributed by atoms with Gasteiger partial charge >= 0.3 is 0 Å². The summed E-state index contributed by atoms with van der Waals surface area (Å²) < 4.78 is 23.1. The van der Waals surface area contributed by atoms with E-state index in [0.29, 0.717) is 0 Å². The molecular formula is C14H11N3O2S2. The predicted molar refractivity (Wildman–Crippen MR) is 82.2 cm³/mol. The summed E-state index contributed by atoms with van der Waals surface area (Å²) >= 11 is 1.44. The predicted octanol–water partition coefficient (Wildman–Crippen LogP) is 2.52. The van der Waals surface area contributed by atoms with Crippen LogP contribution in [0.5, 0.6) is 0 Å². The fraction of sp³-hybridized carbons (Fsp3) is 0. The second-order valence-electron chi connectivity index (χ2n) is 4.33. The molecule has 2 N–H and O–H groups in total. The van der Waals surface area contributed by atoms with Crippen molar-refractivity contribution in [3.8, 4) is 21.7 Å². The van der Waals surface area contributed by atoms with E-state index in [-0.39, 0.29) is 4.90 Å². The largest absolute Gasteiger partial charge is 0.265 e. The minimum atomic E-state index is -3.75. The maximum Gasteiger partial charge on any atom is 0.238 e. The van der Waals surface area contributed by atoms with Crippen molar-refractivity contribution in [2.45, 2.75) is 4.90 Å². The molecule has 0 saturated heterocycles. The summed E-state index contributed by atoms with van der Waals surface area (Å²) in [5.74, 6) is 0. The van der Waals surface area contributed by atoms with Crippen LogP contribution in [-0.2, 0) is 10.0 Å². The van der Waals surface area contributed by atoms with Gasteiger partial charge in [0, 0.05) is 29.5 Å². The van der Waals surface area contributed by atoms with Gasteiger partial charge in [-0.15, -0.1) is 11.3 Å². The number of hydrogen-bond acceptors (Lipinski definition) is 5. The molecule has 2 heterocycles. The maximum absolute atomic E-state index is 11.6. The summed E-state index contributed by atoms with van der Waals surface area (Å²) in [5, 5.41) is 7.80. The van der Waals surface area contributed by atoms with Gasteiger partial charge in [-0.05, 0) is 35.4 Å². The number of rotatable bonds is 3. The van der Waals surface area contributed by atoms with Crippen LogP contribution in [0.25, 0.3) is 21.7 Å². The Morgan fingerprint density at radius 1 is 1.00 bits per heavy atom. The molecular weight excluding hydrogens is 306 g/mol. The van der Waals surface area contributed by atoms with Crippen molar-refractivity contribution >= 4 is 21.4 Å². The molecule has 0 amide bonds. The van der Waals surface area contributed by atoms with Gasteiger partial charge in [-0.1, -0.05) is 6.07 Å². The van der Waals surface area contributed by atoms with E-state index < -0.39 is 10.0 Å². The van der Waals surface area contributed by atoms with Crippen LogP contribution in [0.15, 0.2) is 59.2 Å². The number of hydrogen-bond donors (Lipinski definition) is 1. The minimum Gasteiger partial charge on any atom is -0.265 e. The van der Waals surface area contributed by atoms with Crippen molar-refractivity contribution in [3.63, 3.8) is 0 Å². The van der Waals surface area contributed by atoms with E-state index in [1.165, 1.54) is 17.4 Å². The van der Waals surface area contributed by atoms with Crippen molar-refractivity contribution < 1.29 is 8.42 Å². The first-order valence-corrected chi connectivity index (χ1v) is 8.45. The number of nitrogens with two attached hydrogens (primary N) is 1. The van der Waals surface area contributed by atoms with Crippen LogP contribution >= 0.6 is 11.3 Å². The lowest BCUT2D eigenvalue weighted by Gasteiger charge is -2.09. The smallest absolute Gasteiger partial charge is 0.238 e. The molecule has 3 rings (SSSR count). The van der Waals surface area contributed by atoms with Crippen molar-refractivity contribution in [2.75, 3.05) is 0 Å². The topological polar surface area (TPSA) is 85.9 Å². The van der Waals surface area contributed by atoms with E-state index in [4.69, 9.17) is 5.14 Å². The summed E-state index contributed by atoms with van der Waals surface area (Å²) in [4.78, 5) is 8.33. The Morgan fingerprint density at radius 3 is 2.38 bits per heavy atom. The van der Waals surface area contributed by atoms with E-state index in [1.807, 2.05) is 17.5 Å². The first-order valence-electron chi connectivity index (χ1n) is 6.03. The van der Waals surface area contributed by atoms with Crippen molar-refractivity contribution in [2.24, 2.45) is 5.14 Å². The van der Waals surface area contributed by atoms with Gasteiger partial charge in [0.25, 0.3) is 0 Å². The van der Waals surface area contributed by atoms with Crippen molar-refractivity contribution in [1.29, 1.82) is 0 Å². The molecule has 2 aromatic heterocycles. The molecule has 0 radical (unpaired) electrons. The summed E-state index contributed by atoms with van der Waals surface area (Å²) in [6.45, 7) is 0. The Bertz CT molecular complexity index is 860. The summed E-state index contributed by atoms with van der Waals surface area (Å²) in [7, 11) is -3.75. The van der Waals surface area contributed by atoms with Crippen LogP contribution < -0.4 is 5.14 Å². The summed E-state index contributed by atoms with van der Waals surface area (Å²) in [6, 6.07) is 8.53. The highest BCUT2D eigenvalue weighted by molar-refractivity contribution is 7.89. The maximum atomic E-state index is 11.6. The number of aromatic nitrogens is 2. The van der Waals surface area contributed by atoms with E-state index >= 15 is 0 Å². The molecule has 21 heavy (non-hydrogen) atoms. The molecule has 0 aliphatic carbocycles. The SMILES string of the molecule is NS(=O)(=O)c1ccc(-c2ccncc2)c(-c2nccs2)c1. The van der Waals surface area contributed by atoms with Gasteiger partial charge in [0.15, 0.2) is 0 Å². The number of benzene rings is 1. The van der Waals surface area contributed by atoms with Gasteiger partial charge in [-0.25, -0.2) is 18.5 Å². The van der Waals surface area contributed by atoms with Crippen molar-refractivity contribution in [1.82, 2.24) is 9.97 Å². The average Bonchev–Trinajstić information content (AvgIpc) is 3.01. The third-order valence-electron chi connectivity index (χ3n) is 2.97. The second kappa shape index (κ2) is 5.36. The molecule has 1 aromatic carbocycles. The molecule has 0 fully saturated rings. The third kappa shape index (κ3) is 2.85. The molecule has 0 atom stereocenters. The fourth-order valence-electron chi connectivity index (χ4n) is 2.02. The van der Waals surface area contributed by atoms with Crippen LogP contribution in [0.1, 0.15) is 0 Å². The third-order valence-corrected chi connectivity index (χ3v) is 4.69. The Labute approximate surface area is 126 Å². The molecule has 0 unspecified atom stereocenters. The molecule has 7 heteroatoms. The number of primary sulfonamides is 1. The van der Waals surface area contributed by atoms with Gasteiger partial charge < -0.3 is 0 Å². The van der Waals surface area contributed by atoms with Crippen LogP contribution in [0.3, 0.4) is 0 Å². The molecule has 0 aliphatic heterocycles. The number of thiazole rings is 1. The molecule has 0 aliphatic rings. The van der Waals surface area contributed by atoms with Gasteiger partial charge in [0.1, 0.15) is 5.01 Å². The molecule has 0 spiro atoms. The zero-order valence-electron chi connectivity index (χ0n) is 10.8. The Hall–Kier alpha value is -2.09. The normalized spacial score (nSPS) is 11.5. The van der Waals surface area contributed by atoms with Crippen LogP contribution in [-0.4, -0.2) is 18.4 Å². The molecule has 0 saturated carbocycles. The number of nitrogens with zero attached hydrogens (tertiary/aromatic N) is 2. The van der Waals surface area contributed by atoms with Crippen LogP contribution in [0.4, 0.5) is 0 Å². The van der Waals surface area contributed by atoms with Gasteiger partial charge in [0.2, 0.25) is 10.0 Å². The monoisotopic (exact) mass is 317 g/mol. The lowest BCUT2D eigenvalue weighted by Crippen LogP contribution is -2.12. The molecule has 3 aromatic rings. The van der Waals surface area contributed by atoms with Crippen molar-refractivity contribution in [3.05, 3.63) is 54.3 Å². The Balaban J connectivity index is 2.26. The highest BCUT2D eigenvalue weighted by Gasteiger charge is 2.15. The first-order chi connectivity index (χ1) is 10.1. The Morgan fingerprint density at radius 2 is 1.76 bits per heavy atom. The van der Waals surface area contributed by atoms with Crippen LogP contribution in [0, 0.1) is 0 Å². The molecule has 0 bridgehead atoms. The first kappa shape index (κ1) is 13.9. The highest BCUT2D eigenvalue weighted by atomic mass is 32.2. The van der Waals surface area contributed by atoms with E-state index in [2.05, 4.69) is 9.97 Å². The average molecular weight is 317 g/mol. The van der Waals surface area contributed by atoms with Gasteiger partial charge in [0.05, 0.1) is 4.90 Å². The zero-order chi connectivity index (χ0) is 14.9. The minimum absolute atomic E-state index is 0.0745. The summed E-state index contributed by atoms with van der Waals surface area (Å²) in [6.07, 6.45) is 5.06. The van der Waals surface area contributed by atoms with E-state index in [9.17, 15) is 8.42 Å². The van der Waals surface area contributed by atoms with Gasteiger partial charge in [-0.2, -0.15) is 0 Å². The lowest BCUT2D eigenvalue weighted by atomic mass is 10.0. The zero-order valence-corrected chi connectivity index (χ0v) is 12.4. The number of pyridine rings is 1. The molecule has 5 nitrogen and oxygen atoms in total. The number of sulfonamides is 1. The lowest BCUT2D eigenvalue weighted by molar-refractivity contribution is 0.598. The van der Waals surface area contributed by atoms with E-state index in [1.54, 1.807) is 30.7 Å². The van der Waals surface area contributed by atoms with Crippen LogP contribution in [0.2, 0.25) is 0 Å². The summed E-state index contributed by atoms with van der Waals surface area (Å²) in [5.41, 5.74) is 2.57. The standard InChI is InChI=1S/C14H11N3O2S2/c15-21(18,19)11-1-2-12(10-3-5-16-6-4-10)13(9-11)14-17-7-8-20-14/h1-9H,(H2,15,18,19). The Kier molecular flexibility index (Phi) is 3.54. The quantitative estimate of drug-likeness (QED) is 0.804.